The first-order chi connectivity index (χ1) is 10.4. The molecule has 2 aromatic rings. The molecule has 7 heteroatoms. The number of rotatable bonds is 5. The van der Waals surface area contributed by atoms with Crippen molar-refractivity contribution < 1.29 is 9.26 Å². The van der Waals surface area contributed by atoms with Gasteiger partial charge in [-0.3, -0.25) is 9.58 Å². The fraction of sp³-hybridized carbons (Fsp3) is 0.643. The van der Waals surface area contributed by atoms with Crippen LogP contribution in [-0.2, 0) is 17.8 Å². The van der Waals surface area contributed by atoms with Crippen LogP contribution in [0.4, 0.5) is 0 Å². The van der Waals surface area contributed by atoms with Crippen LogP contribution >= 0.6 is 0 Å². The summed E-state index contributed by atoms with van der Waals surface area (Å²) in [5.74, 6) is 2.14. The van der Waals surface area contributed by atoms with E-state index < -0.39 is 0 Å². The average molecular weight is 289 g/mol. The fourth-order valence-electron chi connectivity index (χ4n) is 2.68. The van der Waals surface area contributed by atoms with Gasteiger partial charge in [0.1, 0.15) is 0 Å². The molecule has 0 radical (unpaired) electrons. The second kappa shape index (κ2) is 5.57. The van der Waals surface area contributed by atoms with E-state index in [0.717, 1.165) is 38.0 Å². The van der Waals surface area contributed by atoms with Crippen LogP contribution in [0.15, 0.2) is 23.0 Å². The molecule has 3 heterocycles. The Balaban J connectivity index is 1.33. The largest absolute Gasteiger partial charge is 0.374 e. The molecule has 4 rings (SSSR count). The Morgan fingerprint density at radius 2 is 2.29 bits per heavy atom. The first-order valence-electron chi connectivity index (χ1n) is 7.51. The van der Waals surface area contributed by atoms with Crippen molar-refractivity contribution >= 4 is 0 Å². The highest BCUT2D eigenvalue weighted by Crippen LogP contribution is 2.38. The lowest BCUT2D eigenvalue weighted by Gasteiger charge is -2.31. The van der Waals surface area contributed by atoms with Gasteiger partial charge in [-0.15, -0.1) is 0 Å². The number of ether oxygens (including phenoxy) is 1. The Bertz CT molecular complexity index is 578. The van der Waals surface area contributed by atoms with E-state index in [-0.39, 0.29) is 6.10 Å². The number of aromatic nitrogens is 4. The maximum Gasteiger partial charge on any atom is 0.240 e. The third kappa shape index (κ3) is 3.14. The number of morpholine rings is 1. The van der Waals surface area contributed by atoms with E-state index >= 15 is 0 Å². The Kier molecular flexibility index (Phi) is 3.44. The Morgan fingerprint density at radius 1 is 1.33 bits per heavy atom. The molecule has 0 N–H and O–H groups in total. The zero-order valence-electron chi connectivity index (χ0n) is 11.9. The van der Waals surface area contributed by atoms with Gasteiger partial charge in [0.25, 0.3) is 0 Å². The van der Waals surface area contributed by atoms with Crippen molar-refractivity contribution in [2.75, 3.05) is 19.7 Å². The zero-order valence-corrected chi connectivity index (χ0v) is 11.9. The highest BCUT2D eigenvalue weighted by Gasteiger charge is 2.29. The molecule has 1 saturated heterocycles. The smallest absolute Gasteiger partial charge is 0.240 e. The summed E-state index contributed by atoms with van der Waals surface area (Å²) < 4.78 is 13.1. The van der Waals surface area contributed by atoms with Gasteiger partial charge in [0.05, 0.1) is 25.8 Å². The Hall–Kier alpha value is -1.73. The van der Waals surface area contributed by atoms with Crippen molar-refractivity contribution in [2.45, 2.75) is 38.0 Å². The molecule has 0 spiro atoms. The van der Waals surface area contributed by atoms with Crippen molar-refractivity contribution in [3.63, 3.8) is 0 Å². The van der Waals surface area contributed by atoms with Crippen LogP contribution < -0.4 is 0 Å². The maximum absolute atomic E-state index is 5.80. The van der Waals surface area contributed by atoms with Crippen molar-refractivity contribution in [2.24, 2.45) is 0 Å². The van der Waals surface area contributed by atoms with Gasteiger partial charge >= 0.3 is 0 Å². The maximum atomic E-state index is 5.80. The minimum Gasteiger partial charge on any atom is -0.374 e. The van der Waals surface area contributed by atoms with E-state index in [1.165, 1.54) is 12.8 Å². The van der Waals surface area contributed by atoms with Gasteiger partial charge in [-0.2, -0.15) is 10.1 Å². The summed E-state index contributed by atoms with van der Waals surface area (Å²) in [6.07, 6.45) is 6.30. The average Bonchev–Trinajstić information content (AvgIpc) is 3.02. The second-order valence-corrected chi connectivity index (χ2v) is 5.78. The topological polar surface area (TPSA) is 69.2 Å². The molecule has 21 heavy (non-hydrogen) atoms. The summed E-state index contributed by atoms with van der Waals surface area (Å²) in [6, 6.07) is 1.93. The molecule has 2 aliphatic rings. The fourth-order valence-corrected chi connectivity index (χ4v) is 2.68. The molecule has 2 aromatic heterocycles. The van der Waals surface area contributed by atoms with E-state index in [2.05, 4.69) is 20.1 Å². The summed E-state index contributed by atoms with van der Waals surface area (Å²) in [5, 5.41) is 8.29. The number of hydrogen-bond donors (Lipinski definition) is 0. The minimum atomic E-state index is 0.157. The molecule has 0 amide bonds. The third-order valence-electron chi connectivity index (χ3n) is 3.96. The summed E-state index contributed by atoms with van der Waals surface area (Å²) in [4.78, 5) is 6.80. The Labute approximate surface area is 122 Å². The molecule has 2 fully saturated rings. The van der Waals surface area contributed by atoms with E-state index in [0.29, 0.717) is 12.5 Å². The van der Waals surface area contributed by atoms with Gasteiger partial charge in [0, 0.05) is 31.4 Å². The molecule has 1 atom stereocenters. The van der Waals surface area contributed by atoms with E-state index in [1.54, 1.807) is 6.20 Å². The molecule has 7 nitrogen and oxygen atoms in total. The molecular weight excluding hydrogens is 270 g/mol. The van der Waals surface area contributed by atoms with E-state index in [9.17, 15) is 0 Å². The molecule has 0 aromatic carbocycles. The van der Waals surface area contributed by atoms with Crippen LogP contribution in [0, 0.1) is 0 Å². The second-order valence-electron chi connectivity index (χ2n) is 5.78. The van der Waals surface area contributed by atoms with Gasteiger partial charge in [-0.25, -0.2) is 0 Å². The van der Waals surface area contributed by atoms with Gasteiger partial charge in [-0.05, 0) is 18.9 Å². The lowest BCUT2D eigenvalue weighted by molar-refractivity contribution is -0.0426. The SMILES string of the molecule is c1cnn(C[C@H]2CN(Cc3nc(C4CC4)no3)CCO2)c1. The van der Waals surface area contributed by atoms with E-state index in [4.69, 9.17) is 9.26 Å². The first kappa shape index (κ1) is 13.0. The van der Waals surface area contributed by atoms with E-state index in [1.807, 2.05) is 16.9 Å². The molecule has 0 unspecified atom stereocenters. The normalized spacial score (nSPS) is 23.5. The van der Waals surface area contributed by atoms with Gasteiger partial charge in [0.2, 0.25) is 5.89 Å². The van der Waals surface area contributed by atoms with Crippen molar-refractivity contribution in [1.29, 1.82) is 0 Å². The predicted molar refractivity (Wildman–Crippen MR) is 73.5 cm³/mol. The molecule has 1 aliphatic heterocycles. The monoisotopic (exact) mass is 289 g/mol. The van der Waals surface area contributed by atoms with Crippen LogP contribution in [-0.4, -0.2) is 50.6 Å². The quantitative estimate of drug-likeness (QED) is 0.819. The third-order valence-corrected chi connectivity index (χ3v) is 3.96. The molecule has 1 aliphatic carbocycles. The predicted octanol–water partition coefficient (Wildman–Crippen LogP) is 1.04. The molecular formula is C14H19N5O2. The van der Waals surface area contributed by atoms with Gasteiger partial charge < -0.3 is 9.26 Å². The van der Waals surface area contributed by atoms with Gasteiger partial charge in [-0.1, -0.05) is 5.16 Å². The highest BCUT2D eigenvalue weighted by atomic mass is 16.5. The van der Waals surface area contributed by atoms with Crippen molar-refractivity contribution in [3.8, 4) is 0 Å². The van der Waals surface area contributed by atoms with Crippen LogP contribution in [0.5, 0.6) is 0 Å². The van der Waals surface area contributed by atoms with Crippen molar-refractivity contribution in [1.82, 2.24) is 24.8 Å². The van der Waals surface area contributed by atoms with Crippen molar-refractivity contribution in [3.05, 3.63) is 30.2 Å². The summed E-state index contributed by atoms with van der Waals surface area (Å²) >= 11 is 0. The van der Waals surface area contributed by atoms with Crippen LogP contribution in [0.1, 0.15) is 30.5 Å². The highest BCUT2D eigenvalue weighted by molar-refractivity contribution is 5.03. The molecule has 112 valence electrons. The summed E-state index contributed by atoms with van der Waals surface area (Å²) in [5.41, 5.74) is 0. The molecule has 1 saturated carbocycles. The van der Waals surface area contributed by atoms with Crippen LogP contribution in [0.2, 0.25) is 0 Å². The number of hydrogen-bond acceptors (Lipinski definition) is 6. The van der Waals surface area contributed by atoms with Crippen LogP contribution in [0.3, 0.4) is 0 Å². The Morgan fingerprint density at radius 3 is 3.10 bits per heavy atom. The lowest BCUT2D eigenvalue weighted by atomic mass is 10.2. The first-order valence-corrected chi connectivity index (χ1v) is 7.51. The molecule has 0 bridgehead atoms. The minimum absolute atomic E-state index is 0.157. The van der Waals surface area contributed by atoms with Gasteiger partial charge in [0.15, 0.2) is 5.82 Å². The lowest BCUT2D eigenvalue weighted by Crippen LogP contribution is -2.43. The number of nitrogens with zero attached hydrogens (tertiary/aromatic N) is 5. The summed E-state index contributed by atoms with van der Waals surface area (Å²) in [7, 11) is 0. The van der Waals surface area contributed by atoms with Crippen LogP contribution in [0.25, 0.3) is 0 Å². The zero-order chi connectivity index (χ0) is 14.1. The standard InChI is InChI=1S/C14H19N5O2/c1-4-15-19(5-1)9-12-8-18(6-7-20-12)10-13-16-14(17-21-13)11-2-3-11/h1,4-5,11-12H,2-3,6-10H2/t12-/m1/s1. The summed E-state index contributed by atoms with van der Waals surface area (Å²) in [6.45, 7) is 3.98.